The second kappa shape index (κ2) is 19.1. The maximum atomic E-state index is 6.14. The molecule has 0 atom stereocenters. The summed E-state index contributed by atoms with van der Waals surface area (Å²) in [6.45, 7) is 17.2. The van der Waals surface area contributed by atoms with E-state index in [1.807, 2.05) is 0 Å². The predicted molar refractivity (Wildman–Crippen MR) is 120 cm³/mol. The minimum atomic E-state index is -0.196. The molecule has 0 saturated carbocycles. The molecule has 7 heteroatoms. The van der Waals surface area contributed by atoms with E-state index in [2.05, 4.69) is 34.6 Å². The monoisotopic (exact) mass is 555 g/mol. The van der Waals surface area contributed by atoms with Crippen LogP contribution < -0.4 is 21.2 Å². The molecule has 6 nitrogen and oxygen atoms in total. The van der Waals surface area contributed by atoms with Crippen LogP contribution in [0.25, 0.3) is 0 Å². The van der Waals surface area contributed by atoms with Crippen LogP contribution in [0.2, 0.25) is 0 Å². The molecule has 31 heavy (non-hydrogen) atoms. The third kappa shape index (κ3) is 13.1. The molecule has 0 bridgehead atoms. The smallest absolute Gasteiger partial charge is 0.0653 e. The summed E-state index contributed by atoms with van der Waals surface area (Å²) in [6.07, 6.45) is 4.51. The Morgan fingerprint density at radius 3 is 1.48 bits per heavy atom. The fourth-order valence-corrected chi connectivity index (χ4v) is 5.50. The third-order valence-corrected chi connectivity index (χ3v) is 8.08. The number of hydrogen-bond donors (Lipinski definition) is 0. The van der Waals surface area contributed by atoms with E-state index in [0.717, 1.165) is 50.4 Å². The molecule has 1 aliphatic rings. The average molecular weight is 556 g/mol. The third-order valence-electron chi connectivity index (χ3n) is 4.46. The molecular weight excluding hydrogens is 511 g/mol. The number of allylic oxidation sites excluding steroid dienone is 2. The molecule has 1 rings (SSSR count). The van der Waals surface area contributed by atoms with Gasteiger partial charge in [-0.1, -0.05) is 13.8 Å². The Morgan fingerprint density at radius 2 is 1.03 bits per heavy atom. The van der Waals surface area contributed by atoms with Gasteiger partial charge in [0.1, 0.15) is 0 Å². The zero-order valence-electron chi connectivity index (χ0n) is 20.3. The van der Waals surface area contributed by atoms with Gasteiger partial charge in [-0.25, -0.2) is 0 Å². The minimum Gasteiger partial charge on any atom is -0.0653 e. The van der Waals surface area contributed by atoms with Gasteiger partial charge in [0.15, 0.2) is 0 Å². The van der Waals surface area contributed by atoms with Crippen LogP contribution >= 0.6 is 0 Å². The Bertz CT molecular complexity index is 518. The summed E-state index contributed by atoms with van der Waals surface area (Å²) in [5.41, 5.74) is 0. The van der Waals surface area contributed by atoms with E-state index in [9.17, 15) is 0 Å². The Labute approximate surface area is 200 Å². The van der Waals surface area contributed by atoms with Gasteiger partial charge in [0.2, 0.25) is 0 Å². The van der Waals surface area contributed by atoms with Crippen LogP contribution in [-0.2, 0) is 28.4 Å². The Balaban J connectivity index is 2.29. The van der Waals surface area contributed by atoms with Gasteiger partial charge in [-0.05, 0) is 0 Å². The van der Waals surface area contributed by atoms with Gasteiger partial charge < -0.3 is 0 Å². The first kappa shape index (κ1) is 28.7. The van der Waals surface area contributed by atoms with Gasteiger partial charge in [0.25, 0.3) is 0 Å². The van der Waals surface area contributed by atoms with E-state index in [4.69, 9.17) is 28.4 Å². The van der Waals surface area contributed by atoms with Crippen molar-refractivity contribution in [2.24, 2.45) is 5.92 Å². The van der Waals surface area contributed by atoms with E-state index in [0.29, 0.717) is 58.8 Å². The summed E-state index contributed by atoms with van der Waals surface area (Å²) < 4.78 is 37.2. The SMILES string of the molecule is CCCCOCCOCCOC1=C(C)[I-]C(C(C)C)=C1OCCOCCOCCCC. The zero-order valence-corrected chi connectivity index (χ0v) is 22.5. The summed E-state index contributed by atoms with van der Waals surface area (Å²) in [7, 11) is 0. The topological polar surface area (TPSA) is 55.4 Å². The maximum absolute atomic E-state index is 6.14. The van der Waals surface area contributed by atoms with Crippen molar-refractivity contribution < 1.29 is 49.6 Å². The zero-order chi connectivity index (χ0) is 22.7. The molecule has 0 aliphatic carbocycles. The van der Waals surface area contributed by atoms with Crippen LogP contribution in [0, 0.1) is 5.92 Å². The van der Waals surface area contributed by atoms with Gasteiger partial charge in [0, 0.05) is 0 Å². The van der Waals surface area contributed by atoms with Crippen LogP contribution in [0.1, 0.15) is 60.3 Å². The molecule has 0 radical (unpaired) electrons. The Hall–Kier alpha value is -0.350. The van der Waals surface area contributed by atoms with Crippen molar-refractivity contribution in [1.82, 2.24) is 0 Å². The van der Waals surface area contributed by atoms with E-state index in [-0.39, 0.29) is 21.2 Å². The predicted octanol–water partition coefficient (Wildman–Crippen LogP) is 1.89. The first-order chi connectivity index (χ1) is 15.1. The van der Waals surface area contributed by atoms with E-state index < -0.39 is 0 Å². The molecule has 0 spiro atoms. The molecule has 0 aromatic heterocycles. The normalized spacial score (nSPS) is 14.5. The van der Waals surface area contributed by atoms with Gasteiger partial charge in [-0.2, -0.15) is 0 Å². The summed E-state index contributed by atoms with van der Waals surface area (Å²) in [5.74, 6) is 2.32. The van der Waals surface area contributed by atoms with Gasteiger partial charge in [-0.3, -0.25) is 0 Å². The second-order valence-corrected chi connectivity index (χ2v) is 11.0. The Morgan fingerprint density at radius 1 is 0.613 bits per heavy atom. The number of rotatable bonds is 21. The molecule has 0 unspecified atom stereocenters. The van der Waals surface area contributed by atoms with Crippen molar-refractivity contribution in [3.05, 3.63) is 18.7 Å². The fraction of sp³-hybridized carbons (Fsp3) is 0.833. The fourth-order valence-electron chi connectivity index (χ4n) is 2.72. The van der Waals surface area contributed by atoms with E-state index >= 15 is 0 Å². The first-order valence-corrected chi connectivity index (χ1v) is 13.9. The van der Waals surface area contributed by atoms with E-state index in [1.54, 1.807) is 0 Å². The number of hydrogen-bond acceptors (Lipinski definition) is 6. The van der Waals surface area contributed by atoms with Crippen LogP contribution in [0.4, 0.5) is 0 Å². The molecule has 0 aromatic carbocycles. The summed E-state index contributed by atoms with van der Waals surface area (Å²) in [5, 5.41) is 0. The van der Waals surface area contributed by atoms with Crippen molar-refractivity contribution in [2.75, 3.05) is 66.1 Å². The molecule has 0 amide bonds. The second-order valence-electron chi connectivity index (χ2n) is 7.64. The van der Waals surface area contributed by atoms with Gasteiger partial charge in [0.05, 0.1) is 0 Å². The average Bonchev–Trinajstić information content (AvgIpc) is 3.07. The molecule has 0 N–H and O–H groups in total. The summed E-state index contributed by atoms with van der Waals surface area (Å²) in [6, 6.07) is 0. The molecular formula is C24H44IO6-. The number of halogens is 1. The van der Waals surface area contributed by atoms with Crippen LogP contribution in [0.3, 0.4) is 0 Å². The minimum absolute atomic E-state index is 0.196. The molecule has 0 aromatic rings. The molecule has 0 fully saturated rings. The van der Waals surface area contributed by atoms with Gasteiger partial charge in [-0.15, -0.1) is 0 Å². The van der Waals surface area contributed by atoms with Crippen molar-refractivity contribution in [3.63, 3.8) is 0 Å². The van der Waals surface area contributed by atoms with E-state index in [1.165, 1.54) is 7.16 Å². The Kier molecular flexibility index (Phi) is 17.7. The van der Waals surface area contributed by atoms with Crippen molar-refractivity contribution in [1.29, 1.82) is 0 Å². The molecule has 0 saturated heterocycles. The van der Waals surface area contributed by atoms with Crippen molar-refractivity contribution in [3.8, 4) is 0 Å². The summed E-state index contributed by atoms with van der Waals surface area (Å²) in [4.78, 5) is 0. The molecule has 1 heterocycles. The standard InChI is InChI=1S/C24H44IO6/c1-6-8-10-26-12-14-28-16-18-30-23-21(5)25-22(20(3)4)24(23)31-19-17-29-15-13-27-11-9-7-2/h20H,6-19H2,1-5H3/q-1. The van der Waals surface area contributed by atoms with Crippen LogP contribution in [0.15, 0.2) is 18.7 Å². The number of ether oxygens (including phenoxy) is 6. The van der Waals surface area contributed by atoms with Crippen LogP contribution in [0.5, 0.6) is 0 Å². The van der Waals surface area contributed by atoms with Gasteiger partial charge >= 0.3 is 187 Å². The molecule has 1 aliphatic heterocycles. The van der Waals surface area contributed by atoms with Crippen molar-refractivity contribution >= 4 is 0 Å². The summed E-state index contributed by atoms with van der Waals surface area (Å²) >= 11 is -0.196. The van der Waals surface area contributed by atoms with Crippen molar-refractivity contribution in [2.45, 2.75) is 60.3 Å². The number of unbranched alkanes of at least 4 members (excludes halogenated alkanes) is 2. The quantitative estimate of drug-likeness (QED) is 0.159. The first-order valence-electron chi connectivity index (χ1n) is 11.8. The molecule has 184 valence electrons. The van der Waals surface area contributed by atoms with Crippen LogP contribution in [-0.4, -0.2) is 66.1 Å².